The van der Waals surface area contributed by atoms with Crippen molar-refractivity contribution in [2.24, 2.45) is 5.92 Å². The zero-order chi connectivity index (χ0) is 9.56. The number of nitrogens with zero attached hydrogens (tertiary/aromatic N) is 1. The van der Waals surface area contributed by atoms with Crippen LogP contribution in [-0.4, -0.2) is 11.1 Å². The second-order valence-corrected chi connectivity index (χ2v) is 2.76. The minimum absolute atomic E-state index is 0.157. The number of carboxylic acids is 1. The molecule has 0 aliphatic heterocycles. The van der Waals surface area contributed by atoms with Crippen LogP contribution >= 0.6 is 0 Å². The lowest BCUT2D eigenvalue weighted by Gasteiger charge is -2.02. The minimum Gasteiger partial charge on any atom is -0.477 e. The van der Waals surface area contributed by atoms with Gasteiger partial charge in [-0.2, -0.15) is 5.26 Å². The van der Waals surface area contributed by atoms with E-state index in [-0.39, 0.29) is 11.5 Å². The number of hydrogen-bond donors (Lipinski definition) is 1. The molecule has 3 heteroatoms. The summed E-state index contributed by atoms with van der Waals surface area (Å²) < 4.78 is 0. The third kappa shape index (κ3) is 3.77. The second-order valence-electron chi connectivity index (χ2n) is 2.76. The molecule has 0 heterocycles. The normalized spacial score (nSPS) is 13.6. The SMILES string of the molecule is CCCC(C)C=C(C#N)C(=O)O. The van der Waals surface area contributed by atoms with Crippen molar-refractivity contribution in [1.29, 1.82) is 5.26 Å². The first-order chi connectivity index (χ1) is 5.61. The lowest BCUT2D eigenvalue weighted by molar-refractivity contribution is -0.132. The molecule has 0 aromatic heterocycles. The highest BCUT2D eigenvalue weighted by atomic mass is 16.4. The summed E-state index contributed by atoms with van der Waals surface area (Å²) in [5.41, 5.74) is -0.157. The van der Waals surface area contributed by atoms with E-state index in [0.29, 0.717) is 0 Å². The van der Waals surface area contributed by atoms with Crippen LogP contribution in [0.1, 0.15) is 26.7 Å². The smallest absolute Gasteiger partial charge is 0.346 e. The van der Waals surface area contributed by atoms with Crippen LogP contribution in [0.5, 0.6) is 0 Å². The fraction of sp³-hybridized carbons (Fsp3) is 0.556. The van der Waals surface area contributed by atoms with Crippen molar-refractivity contribution in [1.82, 2.24) is 0 Å². The van der Waals surface area contributed by atoms with Gasteiger partial charge in [-0.25, -0.2) is 4.79 Å². The molecule has 0 saturated heterocycles. The van der Waals surface area contributed by atoms with Crippen molar-refractivity contribution >= 4 is 5.97 Å². The van der Waals surface area contributed by atoms with Crippen LogP contribution in [0.25, 0.3) is 0 Å². The number of carbonyl (C=O) groups is 1. The Morgan fingerprint density at radius 1 is 1.75 bits per heavy atom. The minimum atomic E-state index is -1.14. The van der Waals surface area contributed by atoms with Gasteiger partial charge in [0, 0.05) is 0 Å². The van der Waals surface area contributed by atoms with Crippen molar-refractivity contribution in [3.05, 3.63) is 11.6 Å². The Morgan fingerprint density at radius 3 is 2.67 bits per heavy atom. The van der Waals surface area contributed by atoms with Crippen LogP contribution in [0, 0.1) is 17.2 Å². The van der Waals surface area contributed by atoms with Gasteiger partial charge in [0.05, 0.1) is 0 Å². The molecule has 12 heavy (non-hydrogen) atoms. The molecule has 0 aliphatic rings. The first kappa shape index (κ1) is 10.7. The zero-order valence-electron chi connectivity index (χ0n) is 7.37. The van der Waals surface area contributed by atoms with Crippen LogP contribution < -0.4 is 0 Å². The molecule has 0 aromatic rings. The molecule has 0 bridgehead atoms. The Labute approximate surface area is 72.3 Å². The molecule has 1 atom stereocenters. The van der Waals surface area contributed by atoms with E-state index in [1.165, 1.54) is 6.08 Å². The summed E-state index contributed by atoms with van der Waals surface area (Å²) in [7, 11) is 0. The van der Waals surface area contributed by atoms with Gasteiger partial charge < -0.3 is 5.11 Å². The van der Waals surface area contributed by atoms with Gasteiger partial charge in [0.15, 0.2) is 0 Å². The van der Waals surface area contributed by atoms with Crippen molar-refractivity contribution in [3.63, 3.8) is 0 Å². The molecule has 0 radical (unpaired) electrons. The number of carboxylic acid groups (broad SMARTS) is 1. The molecule has 1 N–H and O–H groups in total. The maximum Gasteiger partial charge on any atom is 0.346 e. The molecule has 0 aliphatic carbocycles. The number of rotatable bonds is 4. The summed E-state index contributed by atoms with van der Waals surface area (Å²) >= 11 is 0. The molecular weight excluding hydrogens is 154 g/mol. The Morgan fingerprint density at radius 2 is 2.33 bits per heavy atom. The van der Waals surface area contributed by atoms with E-state index < -0.39 is 5.97 Å². The van der Waals surface area contributed by atoms with E-state index in [0.717, 1.165) is 12.8 Å². The van der Waals surface area contributed by atoms with Crippen LogP contribution in [0.15, 0.2) is 11.6 Å². The maximum absolute atomic E-state index is 10.4. The molecule has 1 unspecified atom stereocenters. The predicted molar refractivity (Wildman–Crippen MR) is 45.4 cm³/mol. The molecule has 0 amide bonds. The average Bonchev–Trinajstić information content (AvgIpc) is 2.00. The van der Waals surface area contributed by atoms with Gasteiger partial charge in [-0.15, -0.1) is 0 Å². The fourth-order valence-corrected chi connectivity index (χ4v) is 0.980. The highest BCUT2D eigenvalue weighted by molar-refractivity contribution is 5.90. The summed E-state index contributed by atoms with van der Waals surface area (Å²) in [6.07, 6.45) is 3.42. The van der Waals surface area contributed by atoms with E-state index in [2.05, 4.69) is 0 Å². The summed E-state index contributed by atoms with van der Waals surface area (Å²) in [6.45, 7) is 3.93. The first-order valence-electron chi connectivity index (χ1n) is 3.97. The fourth-order valence-electron chi connectivity index (χ4n) is 0.980. The third-order valence-corrected chi connectivity index (χ3v) is 1.55. The monoisotopic (exact) mass is 167 g/mol. The number of aliphatic carboxylic acids is 1. The Bertz CT molecular complexity index is 225. The van der Waals surface area contributed by atoms with Crippen LogP contribution in [0.2, 0.25) is 0 Å². The Kier molecular flexibility index (Phi) is 4.78. The molecule has 0 aromatic carbocycles. The van der Waals surface area contributed by atoms with Gasteiger partial charge in [0.25, 0.3) is 0 Å². The van der Waals surface area contributed by atoms with Crippen molar-refractivity contribution in [3.8, 4) is 6.07 Å². The van der Waals surface area contributed by atoms with Gasteiger partial charge in [0.1, 0.15) is 11.6 Å². The van der Waals surface area contributed by atoms with Gasteiger partial charge >= 0.3 is 5.97 Å². The first-order valence-corrected chi connectivity index (χ1v) is 3.97. The molecule has 0 rings (SSSR count). The van der Waals surface area contributed by atoms with E-state index in [1.54, 1.807) is 6.07 Å². The van der Waals surface area contributed by atoms with E-state index >= 15 is 0 Å². The second kappa shape index (κ2) is 5.36. The maximum atomic E-state index is 10.4. The largest absolute Gasteiger partial charge is 0.477 e. The summed E-state index contributed by atoms with van der Waals surface area (Å²) in [4.78, 5) is 10.4. The van der Waals surface area contributed by atoms with Crippen molar-refractivity contribution < 1.29 is 9.90 Å². The highest BCUT2D eigenvalue weighted by Crippen LogP contribution is 2.09. The Balaban J connectivity index is 4.30. The number of nitriles is 1. The van der Waals surface area contributed by atoms with Gasteiger partial charge in [-0.3, -0.25) is 0 Å². The molecule has 3 nitrogen and oxygen atoms in total. The molecular formula is C9H13NO2. The van der Waals surface area contributed by atoms with Crippen LogP contribution in [-0.2, 0) is 4.79 Å². The summed E-state index contributed by atoms with van der Waals surface area (Å²) in [5.74, 6) is -0.971. The lowest BCUT2D eigenvalue weighted by Crippen LogP contribution is -2.01. The van der Waals surface area contributed by atoms with Gasteiger partial charge in [-0.1, -0.05) is 26.3 Å². The number of allylic oxidation sites excluding steroid dienone is 1. The molecule has 0 spiro atoms. The Hall–Kier alpha value is -1.30. The quantitative estimate of drug-likeness (QED) is 0.514. The number of hydrogen-bond acceptors (Lipinski definition) is 2. The van der Waals surface area contributed by atoms with Crippen LogP contribution in [0.3, 0.4) is 0 Å². The molecule has 0 saturated carbocycles. The van der Waals surface area contributed by atoms with Crippen LogP contribution in [0.4, 0.5) is 0 Å². The summed E-state index contributed by atoms with van der Waals surface area (Å²) in [5, 5.41) is 16.9. The molecule has 0 fully saturated rings. The van der Waals surface area contributed by atoms with E-state index in [1.807, 2.05) is 13.8 Å². The van der Waals surface area contributed by atoms with Gasteiger partial charge in [-0.05, 0) is 12.3 Å². The van der Waals surface area contributed by atoms with Crippen molar-refractivity contribution in [2.45, 2.75) is 26.7 Å². The van der Waals surface area contributed by atoms with Crippen molar-refractivity contribution in [2.75, 3.05) is 0 Å². The molecule has 66 valence electrons. The van der Waals surface area contributed by atoms with Gasteiger partial charge in [0.2, 0.25) is 0 Å². The highest BCUT2D eigenvalue weighted by Gasteiger charge is 2.07. The summed E-state index contributed by atoms with van der Waals surface area (Å²) in [6, 6.07) is 1.65. The zero-order valence-corrected chi connectivity index (χ0v) is 7.37. The standard InChI is InChI=1S/C9H13NO2/c1-3-4-7(2)5-8(6-10)9(11)12/h5,7H,3-4H2,1-2H3,(H,11,12). The third-order valence-electron chi connectivity index (χ3n) is 1.55. The van der Waals surface area contributed by atoms with E-state index in [9.17, 15) is 4.79 Å². The lowest BCUT2D eigenvalue weighted by atomic mass is 10.0. The predicted octanol–water partition coefficient (Wildman–Crippen LogP) is 1.96. The average molecular weight is 167 g/mol. The van der Waals surface area contributed by atoms with E-state index in [4.69, 9.17) is 10.4 Å². The topological polar surface area (TPSA) is 61.1 Å².